The highest BCUT2D eigenvalue weighted by Crippen LogP contribution is 2.27. The fourth-order valence-corrected chi connectivity index (χ4v) is 6.17. The number of nitrogens with zero attached hydrogens (tertiary/aromatic N) is 2. The number of ether oxygens (including phenoxy) is 5. The lowest BCUT2D eigenvalue weighted by Gasteiger charge is -2.38. The molecule has 0 N–H and O–H groups in total. The lowest BCUT2D eigenvalue weighted by Crippen LogP contribution is -2.53. The third-order valence-corrected chi connectivity index (χ3v) is 9.58. The Morgan fingerprint density at radius 2 is 0.857 bits per heavy atom. The van der Waals surface area contributed by atoms with Gasteiger partial charge >= 0.3 is 0 Å². The predicted molar refractivity (Wildman–Crippen MR) is 215 cm³/mol. The molecule has 0 saturated carbocycles. The van der Waals surface area contributed by atoms with Crippen molar-refractivity contribution in [3.63, 3.8) is 0 Å². The van der Waals surface area contributed by atoms with E-state index in [-0.39, 0.29) is 55.9 Å². The lowest BCUT2D eigenvalue weighted by atomic mass is 10.0. The summed E-state index contributed by atoms with van der Waals surface area (Å²) >= 11 is 5.55. The van der Waals surface area contributed by atoms with Gasteiger partial charge in [-0.15, -0.1) is 5.06 Å². The van der Waals surface area contributed by atoms with Crippen LogP contribution in [0, 0.1) is 0 Å². The Balaban J connectivity index is 1.38. The molecule has 0 radical (unpaired) electrons. The minimum absolute atomic E-state index is 0.0131. The van der Waals surface area contributed by atoms with Gasteiger partial charge in [-0.05, 0) is 46.6 Å². The number of imide groups is 1. The number of amides is 2. The molecule has 1 aliphatic heterocycles. The minimum atomic E-state index is -0.910. The zero-order chi connectivity index (χ0) is 39.1. The van der Waals surface area contributed by atoms with Crippen molar-refractivity contribution in [1.29, 1.82) is 0 Å². The first-order valence-corrected chi connectivity index (χ1v) is 18.8. The zero-order valence-electron chi connectivity index (χ0n) is 31.5. The molecule has 5 aromatic rings. The predicted octanol–water partition coefficient (Wildman–Crippen LogP) is 7.42. The van der Waals surface area contributed by atoms with E-state index >= 15 is 0 Å². The van der Waals surface area contributed by atoms with Crippen molar-refractivity contribution >= 4 is 29.2 Å². The third-order valence-electron chi connectivity index (χ3n) is 9.10. The molecule has 1 aliphatic rings. The highest BCUT2D eigenvalue weighted by atomic mass is 32.1. The maximum Gasteiger partial charge on any atom is 0.285 e. The van der Waals surface area contributed by atoms with Crippen molar-refractivity contribution in [2.24, 2.45) is 0 Å². The van der Waals surface area contributed by atoms with Gasteiger partial charge in [0.2, 0.25) is 0 Å². The maximum absolute atomic E-state index is 13.4. The van der Waals surface area contributed by atoms with Crippen molar-refractivity contribution in [3.8, 4) is 0 Å². The first kappa shape index (κ1) is 40.4. The van der Waals surface area contributed by atoms with Crippen LogP contribution >= 0.6 is 12.2 Å². The monoisotopic (exact) mass is 774 g/mol. The van der Waals surface area contributed by atoms with Gasteiger partial charge in [0.15, 0.2) is 0 Å². The molecule has 2 amide bonds. The van der Waals surface area contributed by atoms with E-state index in [4.69, 9.17) is 40.7 Å². The van der Waals surface area contributed by atoms with Crippen LogP contribution in [0.1, 0.15) is 43.0 Å². The molecule has 0 unspecified atom stereocenters. The van der Waals surface area contributed by atoms with Crippen LogP contribution in [0.4, 0.5) is 0 Å². The molecule has 290 valence electrons. The molecule has 6 rings (SSSR count). The molecule has 1 heterocycles. The number of rotatable bonds is 20. The van der Waals surface area contributed by atoms with Crippen LogP contribution in [0.3, 0.4) is 0 Å². The van der Waals surface area contributed by atoms with Gasteiger partial charge in [0, 0.05) is 14.1 Å². The average Bonchev–Trinajstić information content (AvgIpc) is 3.48. The molecule has 0 aliphatic carbocycles. The van der Waals surface area contributed by atoms with Gasteiger partial charge in [-0.2, -0.15) is 0 Å². The van der Waals surface area contributed by atoms with Crippen LogP contribution in [-0.4, -0.2) is 78.7 Å². The smallest absolute Gasteiger partial charge is 0.285 e. The molecule has 5 aromatic carbocycles. The van der Waals surface area contributed by atoms with Gasteiger partial charge in [0.1, 0.15) is 37.6 Å². The van der Waals surface area contributed by atoms with Crippen molar-refractivity contribution < 1.29 is 38.1 Å². The van der Waals surface area contributed by atoms with Crippen LogP contribution in [0.25, 0.3) is 0 Å². The van der Waals surface area contributed by atoms with Crippen LogP contribution in [0.5, 0.6) is 0 Å². The first-order chi connectivity index (χ1) is 27.4. The van der Waals surface area contributed by atoms with Gasteiger partial charge in [0.05, 0.1) is 37.6 Å². The average molecular weight is 775 g/mol. The summed E-state index contributed by atoms with van der Waals surface area (Å²) in [4.78, 5) is 34.7. The Hall–Kier alpha value is -5.27. The number of carbonyl (C=O) groups excluding carboxylic acids is 2. The molecule has 0 bridgehead atoms. The quantitative estimate of drug-likeness (QED) is 0.0588. The largest absolute Gasteiger partial charge is 0.468 e. The molecule has 56 heavy (non-hydrogen) atoms. The van der Waals surface area contributed by atoms with Crippen molar-refractivity contribution in [3.05, 3.63) is 179 Å². The number of hydrogen-bond acceptors (Lipinski definition) is 9. The molecule has 11 heteroatoms. The number of hydroxylamine groups is 2. The Morgan fingerprint density at radius 1 is 0.518 bits per heavy atom. The van der Waals surface area contributed by atoms with Gasteiger partial charge in [-0.1, -0.05) is 133 Å². The van der Waals surface area contributed by atoms with E-state index in [0.29, 0.717) is 0 Å². The van der Waals surface area contributed by atoms with Crippen LogP contribution in [0.2, 0.25) is 0 Å². The van der Waals surface area contributed by atoms with E-state index in [0.717, 1.165) is 27.3 Å². The van der Waals surface area contributed by atoms with Crippen molar-refractivity contribution in [2.45, 2.75) is 50.8 Å². The summed E-state index contributed by atoms with van der Waals surface area (Å²) in [6.45, 7) is 0.554. The molecule has 0 fully saturated rings. The molecule has 0 spiro atoms. The molecule has 4 atom stereocenters. The van der Waals surface area contributed by atoms with E-state index in [1.807, 2.05) is 121 Å². The van der Waals surface area contributed by atoms with Crippen LogP contribution < -0.4 is 0 Å². The van der Waals surface area contributed by atoms with Crippen LogP contribution in [0.15, 0.2) is 146 Å². The molecule has 0 aromatic heterocycles. The second kappa shape index (κ2) is 20.6. The van der Waals surface area contributed by atoms with Crippen molar-refractivity contribution in [2.75, 3.05) is 27.3 Å². The Bertz CT molecular complexity index is 1950. The second-order valence-electron chi connectivity index (χ2n) is 13.4. The topological polar surface area (TPSA) is 96.0 Å². The highest BCUT2D eigenvalue weighted by molar-refractivity contribution is 7.80. The SMILES string of the molecule is CN(C)C(=S)OC[C@@H](OCc1ccccc1)[C@@H](OCc1ccccc1)[C@H](OCc1ccccc1)[C@@H](CON1C(=O)c2ccccc2C1=O)OCc1ccccc1. The molecule has 10 nitrogen and oxygen atoms in total. The fraction of sp³-hybridized carbons (Fsp3) is 0.267. The second-order valence-corrected chi connectivity index (χ2v) is 13.8. The number of carbonyl (C=O) groups is 2. The van der Waals surface area contributed by atoms with E-state index in [1.165, 1.54) is 0 Å². The van der Waals surface area contributed by atoms with Crippen LogP contribution in [-0.2, 0) is 54.9 Å². The van der Waals surface area contributed by atoms with E-state index in [2.05, 4.69) is 0 Å². The fourth-order valence-electron chi connectivity index (χ4n) is 6.11. The summed E-state index contributed by atoms with van der Waals surface area (Å²) in [7, 11) is 3.61. The summed E-state index contributed by atoms with van der Waals surface area (Å²) in [5.41, 5.74) is 4.22. The molecular weight excluding hydrogens is 729 g/mol. The maximum atomic E-state index is 13.4. The number of hydrogen-bond donors (Lipinski definition) is 0. The van der Waals surface area contributed by atoms with E-state index in [9.17, 15) is 9.59 Å². The van der Waals surface area contributed by atoms with Crippen molar-refractivity contribution in [1.82, 2.24) is 9.96 Å². The van der Waals surface area contributed by atoms with Gasteiger partial charge < -0.3 is 28.6 Å². The summed E-state index contributed by atoms with van der Waals surface area (Å²) < 4.78 is 33.2. The normalized spacial score (nSPS) is 14.5. The Labute approximate surface area is 333 Å². The van der Waals surface area contributed by atoms with E-state index < -0.39 is 36.2 Å². The highest BCUT2D eigenvalue weighted by Gasteiger charge is 2.42. The molecular formula is C45H46N2O8S. The van der Waals surface area contributed by atoms with Gasteiger partial charge in [-0.3, -0.25) is 14.4 Å². The summed E-state index contributed by atoms with van der Waals surface area (Å²) in [6, 6.07) is 45.6. The molecule has 0 saturated heterocycles. The summed E-state index contributed by atoms with van der Waals surface area (Å²) in [5.74, 6) is -1.11. The Morgan fingerprint density at radius 3 is 1.23 bits per heavy atom. The number of thiocarbonyl (C=S) groups is 1. The Kier molecular flexibility index (Phi) is 14.9. The summed E-state index contributed by atoms with van der Waals surface area (Å²) in [6.07, 6.45) is -3.44. The van der Waals surface area contributed by atoms with Gasteiger partial charge in [-0.25, -0.2) is 0 Å². The van der Waals surface area contributed by atoms with Gasteiger partial charge in [0.25, 0.3) is 17.0 Å². The number of fused-ring (bicyclic) bond motifs is 1. The zero-order valence-corrected chi connectivity index (χ0v) is 32.3. The third kappa shape index (κ3) is 11.2. The minimum Gasteiger partial charge on any atom is -0.468 e. The van der Waals surface area contributed by atoms with E-state index in [1.54, 1.807) is 43.3 Å². The number of benzene rings is 5. The summed E-state index contributed by atoms with van der Waals surface area (Å²) in [5, 5.41) is 1.06. The standard InChI is InChI=1S/C45H46N2O8S/c1-46(2)45(56)54-31-39(50-27-33-17-7-3-8-18-33)41(52-29-35-21-11-5-12-22-35)42(53-30-36-23-13-6-14-24-36)40(51-28-34-19-9-4-10-20-34)32-55-47-43(48)37-25-15-16-26-38(37)44(47)49/h3-26,39-42H,27-32H2,1-2H3/t39-,40-,41-,42-/m1/s1. The first-order valence-electron chi connectivity index (χ1n) is 18.4. The lowest BCUT2D eigenvalue weighted by molar-refractivity contribution is -0.217.